The van der Waals surface area contributed by atoms with Gasteiger partial charge in [-0.1, -0.05) is 12.1 Å². The van der Waals surface area contributed by atoms with E-state index in [2.05, 4.69) is 0 Å². The molecule has 0 saturated heterocycles. The SMILES string of the molecule is Cc1ccc(C(=O)COc2ccccc2[N+](=O)[O-])s1. The Kier molecular flexibility index (Phi) is 3.91. The van der Waals surface area contributed by atoms with Gasteiger partial charge in [0.25, 0.3) is 0 Å². The van der Waals surface area contributed by atoms with Crippen molar-refractivity contribution in [2.45, 2.75) is 6.92 Å². The maximum atomic E-state index is 11.8. The molecule has 0 amide bonds. The average molecular weight is 277 g/mol. The Morgan fingerprint density at radius 3 is 2.68 bits per heavy atom. The third-order valence-corrected chi connectivity index (χ3v) is 3.48. The molecular formula is C13H11NO4S. The second-order valence-corrected chi connectivity index (χ2v) is 5.13. The number of para-hydroxylation sites is 2. The van der Waals surface area contributed by atoms with Crippen molar-refractivity contribution in [3.05, 3.63) is 56.3 Å². The van der Waals surface area contributed by atoms with E-state index >= 15 is 0 Å². The number of ketones is 1. The van der Waals surface area contributed by atoms with E-state index in [4.69, 9.17) is 4.74 Å². The Balaban J connectivity index is 2.07. The molecule has 0 fully saturated rings. The maximum Gasteiger partial charge on any atom is 0.310 e. The third-order valence-electron chi connectivity index (χ3n) is 2.44. The van der Waals surface area contributed by atoms with E-state index in [-0.39, 0.29) is 23.8 Å². The van der Waals surface area contributed by atoms with Gasteiger partial charge in [0.1, 0.15) is 0 Å². The fourth-order valence-electron chi connectivity index (χ4n) is 1.53. The van der Waals surface area contributed by atoms with Crippen LogP contribution in [0.5, 0.6) is 5.75 Å². The van der Waals surface area contributed by atoms with Crippen molar-refractivity contribution in [3.63, 3.8) is 0 Å². The lowest BCUT2D eigenvalue weighted by Gasteiger charge is -2.04. The predicted molar refractivity (Wildman–Crippen MR) is 72.0 cm³/mol. The highest BCUT2D eigenvalue weighted by atomic mass is 32.1. The molecule has 0 aliphatic heterocycles. The summed E-state index contributed by atoms with van der Waals surface area (Å²) >= 11 is 1.38. The van der Waals surface area contributed by atoms with E-state index in [0.29, 0.717) is 4.88 Å². The molecule has 2 aromatic rings. The largest absolute Gasteiger partial charge is 0.478 e. The first-order chi connectivity index (χ1) is 9.08. The lowest BCUT2D eigenvalue weighted by atomic mass is 10.3. The molecule has 0 aliphatic carbocycles. The van der Waals surface area contributed by atoms with Crippen LogP contribution in [0.4, 0.5) is 5.69 Å². The standard InChI is InChI=1S/C13H11NO4S/c1-9-6-7-13(19-9)11(15)8-18-12-5-3-2-4-10(12)14(16)17/h2-7H,8H2,1H3. The van der Waals surface area contributed by atoms with Crippen molar-refractivity contribution >= 4 is 22.8 Å². The molecule has 0 spiro atoms. The first kappa shape index (κ1) is 13.2. The van der Waals surface area contributed by atoms with Gasteiger partial charge in [-0.15, -0.1) is 11.3 Å². The zero-order valence-electron chi connectivity index (χ0n) is 10.2. The van der Waals surface area contributed by atoms with Gasteiger partial charge in [-0.05, 0) is 25.1 Å². The summed E-state index contributed by atoms with van der Waals surface area (Å²) in [6, 6.07) is 9.58. The number of hydrogen-bond acceptors (Lipinski definition) is 5. The van der Waals surface area contributed by atoms with Gasteiger partial charge in [-0.3, -0.25) is 14.9 Å². The van der Waals surface area contributed by atoms with Crippen LogP contribution < -0.4 is 4.74 Å². The topological polar surface area (TPSA) is 69.4 Å². The second-order valence-electron chi connectivity index (χ2n) is 3.85. The Morgan fingerprint density at radius 2 is 2.05 bits per heavy atom. The van der Waals surface area contributed by atoms with Crippen molar-refractivity contribution in [2.75, 3.05) is 6.61 Å². The number of thiophene rings is 1. The molecule has 1 aromatic carbocycles. The van der Waals surface area contributed by atoms with Crippen LogP contribution in [0, 0.1) is 17.0 Å². The zero-order valence-corrected chi connectivity index (χ0v) is 11.0. The number of nitrogens with zero attached hydrogens (tertiary/aromatic N) is 1. The van der Waals surface area contributed by atoms with Gasteiger partial charge in [-0.2, -0.15) is 0 Å². The highest BCUT2D eigenvalue weighted by molar-refractivity contribution is 7.14. The number of nitro benzene ring substituents is 1. The van der Waals surface area contributed by atoms with Crippen LogP contribution in [-0.2, 0) is 0 Å². The van der Waals surface area contributed by atoms with Crippen LogP contribution >= 0.6 is 11.3 Å². The van der Waals surface area contributed by atoms with Crippen molar-refractivity contribution in [1.82, 2.24) is 0 Å². The van der Waals surface area contributed by atoms with Crippen LogP contribution in [0.1, 0.15) is 14.5 Å². The highest BCUT2D eigenvalue weighted by Crippen LogP contribution is 2.26. The molecule has 1 heterocycles. The molecule has 0 radical (unpaired) electrons. The molecule has 0 N–H and O–H groups in total. The highest BCUT2D eigenvalue weighted by Gasteiger charge is 2.16. The molecular weight excluding hydrogens is 266 g/mol. The number of Topliss-reactive ketones (excluding diaryl/α,β-unsaturated/α-hetero) is 1. The van der Waals surface area contributed by atoms with E-state index in [0.717, 1.165) is 4.88 Å². The first-order valence-corrected chi connectivity index (χ1v) is 6.35. The van der Waals surface area contributed by atoms with Gasteiger partial charge in [0.15, 0.2) is 12.4 Å². The third kappa shape index (κ3) is 3.17. The summed E-state index contributed by atoms with van der Waals surface area (Å²) < 4.78 is 5.24. The molecule has 5 nitrogen and oxygen atoms in total. The van der Waals surface area contributed by atoms with Crippen LogP contribution in [-0.4, -0.2) is 17.3 Å². The number of rotatable bonds is 5. The number of nitro groups is 1. The normalized spacial score (nSPS) is 10.2. The predicted octanol–water partition coefficient (Wildman–Crippen LogP) is 3.23. The molecule has 0 bridgehead atoms. The minimum Gasteiger partial charge on any atom is -0.478 e. The Bertz CT molecular complexity index is 621. The Hall–Kier alpha value is -2.21. The fraction of sp³-hybridized carbons (Fsp3) is 0.154. The summed E-state index contributed by atoms with van der Waals surface area (Å²) in [6.07, 6.45) is 0. The van der Waals surface area contributed by atoms with Crippen molar-refractivity contribution in [1.29, 1.82) is 0 Å². The second kappa shape index (κ2) is 5.62. The quantitative estimate of drug-likeness (QED) is 0.478. The lowest BCUT2D eigenvalue weighted by Crippen LogP contribution is -2.10. The summed E-state index contributed by atoms with van der Waals surface area (Å²) in [6.45, 7) is 1.70. The molecule has 1 aromatic heterocycles. The fourth-order valence-corrected chi connectivity index (χ4v) is 2.32. The molecule has 6 heteroatoms. The Labute approximate surface area is 113 Å². The number of ether oxygens (including phenoxy) is 1. The van der Waals surface area contributed by atoms with Gasteiger partial charge >= 0.3 is 5.69 Å². The Morgan fingerprint density at radius 1 is 1.32 bits per heavy atom. The number of hydrogen-bond donors (Lipinski definition) is 0. The molecule has 0 saturated carbocycles. The number of aryl methyl sites for hydroxylation is 1. The zero-order chi connectivity index (χ0) is 13.8. The summed E-state index contributed by atoms with van der Waals surface area (Å²) in [5, 5.41) is 10.8. The number of carbonyl (C=O) groups is 1. The minimum absolute atomic E-state index is 0.106. The van der Waals surface area contributed by atoms with Crippen LogP contribution in [0.3, 0.4) is 0 Å². The molecule has 0 unspecified atom stereocenters. The first-order valence-electron chi connectivity index (χ1n) is 5.54. The van der Waals surface area contributed by atoms with E-state index < -0.39 is 4.92 Å². The van der Waals surface area contributed by atoms with Crippen molar-refractivity contribution in [2.24, 2.45) is 0 Å². The van der Waals surface area contributed by atoms with Gasteiger partial charge < -0.3 is 4.74 Å². The maximum absolute atomic E-state index is 11.8. The smallest absolute Gasteiger partial charge is 0.310 e. The van der Waals surface area contributed by atoms with Gasteiger partial charge in [0.05, 0.1) is 9.80 Å². The van der Waals surface area contributed by atoms with Crippen LogP contribution in [0.25, 0.3) is 0 Å². The van der Waals surface area contributed by atoms with Crippen LogP contribution in [0.15, 0.2) is 36.4 Å². The minimum atomic E-state index is -0.533. The van der Waals surface area contributed by atoms with Crippen molar-refractivity contribution in [3.8, 4) is 5.75 Å². The van der Waals surface area contributed by atoms with E-state index in [1.807, 2.05) is 13.0 Å². The summed E-state index contributed by atoms with van der Waals surface area (Å²) in [5.41, 5.74) is -0.141. The van der Waals surface area contributed by atoms with Gasteiger partial charge in [-0.25, -0.2) is 0 Å². The van der Waals surface area contributed by atoms with Gasteiger partial charge in [0.2, 0.25) is 5.78 Å². The number of carbonyl (C=O) groups excluding carboxylic acids is 1. The van der Waals surface area contributed by atoms with Crippen molar-refractivity contribution < 1.29 is 14.5 Å². The van der Waals surface area contributed by atoms with Gasteiger partial charge in [0, 0.05) is 10.9 Å². The molecule has 0 aliphatic rings. The lowest BCUT2D eigenvalue weighted by molar-refractivity contribution is -0.385. The summed E-state index contributed by atoms with van der Waals surface area (Å²) in [4.78, 5) is 23.7. The average Bonchev–Trinajstić information content (AvgIpc) is 2.83. The molecule has 2 rings (SSSR count). The summed E-state index contributed by atoms with van der Waals surface area (Å²) in [5.74, 6) is -0.0784. The molecule has 19 heavy (non-hydrogen) atoms. The van der Waals surface area contributed by atoms with Crippen LogP contribution in [0.2, 0.25) is 0 Å². The van der Waals surface area contributed by atoms with E-state index in [9.17, 15) is 14.9 Å². The van der Waals surface area contributed by atoms with E-state index in [1.54, 1.807) is 18.2 Å². The molecule has 98 valence electrons. The molecule has 0 atom stereocenters. The monoisotopic (exact) mass is 277 g/mol. The van der Waals surface area contributed by atoms with E-state index in [1.165, 1.54) is 23.5 Å². The summed E-state index contributed by atoms with van der Waals surface area (Å²) in [7, 11) is 0. The number of benzene rings is 1.